The maximum Gasteiger partial charge on any atom is 0.0361 e. The molecule has 21 heavy (non-hydrogen) atoms. The molecule has 2 aromatic carbocycles. The van der Waals surface area contributed by atoms with Gasteiger partial charge in [0.2, 0.25) is 0 Å². The molecule has 0 fully saturated rings. The van der Waals surface area contributed by atoms with E-state index in [9.17, 15) is 0 Å². The van der Waals surface area contributed by atoms with Gasteiger partial charge in [-0.2, -0.15) is 0 Å². The summed E-state index contributed by atoms with van der Waals surface area (Å²) in [6, 6.07) is 17.0. The van der Waals surface area contributed by atoms with Crippen LogP contribution in [0.25, 0.3) is 17.7 Å². The molecule has 0 aromatic heterocycles. The third-order valence-corrected chi connectivity index (χ3v) is 3.69. The van der Waals surface area contributed by atoms with E-state index in [1.54, 1.807) is 0 Å². The van der Waals surface area contributed by atoms with Crippen molar-refractivity contribution >= 4 is 23.4 Å². The van der Waals surface area contributed by atoms with Crippen LogP contribution < -0.4 is 4.90 Å². The monoisotopic (exact) mass is 273 g/mol. The van der Waals surface area contributed by atoms with Gasteiger partial charge in [-0.25, -0.2) is 0 Å². The largest absolute Gasteiger partial charge is 0.378 e. The van der Waals surface area contributed by atoms with Crippen molar-refractivity contribution in [2.24, 2.45) is 0 Å². The Balaban J connectivity index is 1.76. The van der Waals surface area contributed by atoms with E-state index in [-0.39, 0.29) is 0 Å². The number of fused-ring (bicyclic) bond motifs is 1. The number of nitrogens with zero attached hydrogens (tertiary/aromatic N) is 1. The molecule has 0 saturated heterocycles. The minimum atomic E-state index is 1.22. The lowest BCUT2D eigenvalue weighted by Gasteiger charge is -2.11. The summed E-state index contributed by atoms with van der Waals surface area (Å²) in [5, 5.41) is 0. The summed E-state index contributed by atoms with van der Waals surface area (Å²) in [4.78, 5) is 2.11. The van der Waals surface area contributed by atoms with Crippen LogP contribution in [0.4, 0.5) is 5.69 Å². The average molecular weight is 273 g/mol. The molecule has 1 heteroatoms. The molecule has 0 bridgehead atoms. The van der Waals surface area contributed by atoms with Gasteiger partial charge in [0, 0.05) is 19.8 Å². The molecule has 1 nitrogen and oxygen atoms in total. The fourth-order valence-corrected chi connectivity index (χ4v) is 2.47. The molecular formula is C20H19N. The Hall–Kier alpha value is -2.54. The Kier molecular flexibility index (Phi) is 3.74. The molecule has 1 aliphatic carbocycles. The predicted octanol–water partition coefficient (Wildman–Crippen LogP) is 4.88. The van der Waals surface area contributed by atoms with Crippen molar-refractivity contribution in [2.75, 3.05) is 19.0 Å². The lowest BCUT2D eigenvalue weighted by atomic mass is 10.1. The molecule has 0 heterocycles. The van der Waals surface area contributed by atoms with E-state index in [1.165, 1.54) is 28.0 Å². The van der Waals surface area contributed by atoms with Crippen LogP contribution in [-0.4, -0.2) is 14.1 Å². The first kappa shape index (κ1) is 13.4. The van der Waals surface area contributed by atoms with Gasteiger partial charge in [-0.05, 0) is 34.4 Å². The fraction of sp³-hybridized carbons (Fsp3) is 0.100. The van der Waals surface area contributed by atoms with Gasteiger partial charge in [0.1, 0.15) is 0 Å². The van der Waals surface area contributed by atoms with Gasteiger partial charge in [0.25, 0.3) is 0 Å². The smallest absolute Gasteiger partial charge is 0.0361 e. The summed E-state index contributed by atoms with van der Waals surface area (Å²) >= 11 is 0. The highest BCUT2D eigenvalue weighted by Gasteiger charge is 2.07. The van der Waals surface area contributed by atoms with Gasteiger partial charge in [-0.1, -0.05) is 66.8 Å². The van der Waals surface area contributed by atoms with E-state index < -0.39 is 0 Å². The van der Waals surface area contributed by atoms with Crippen LogP contribution in [0.3, 0.4) is 0 Å². The zero-order valence-electron chi connectivity index (χ0n) is 12.5. The number of allylic oxidation sites excluding steroid dienone is 4. The SMILES string of the molecule is CN(C)c1ccc(/C=C\C=C2/C=Cc3ccccc32)cc1. The Morgan fingerprint density at radius 3 is 2.38 bits per heavy atom. The Bertz CT molecular complexity index is 716. The fourth-order valence-electron chi connectivity index (χ4n) is 2.47. The van der Waals surface area contributed by atoms with Crippen molar-refractivity contribution in [3.05, 3.63) is 83.4 Å². The highest BCUT2D eigenvalue weighted by atomic mass is 15.1. The van der Waals surface area contributed by atoms with Crippen LogP contribution in [-0.2, 0) is 0 Å². The molecule has 0 amide bonds. The van der Waals surface area contributed by atoms with E-state index in [4.69, 9.17) is 0 Å². The van der Waals surface area contributed by atoms with Gasteiger partial charge >= 0.3 is 0 Å². The van der Waals surface area contributed by atoms with E-state index in [2.05, 4.69) is 97.9 Å². The van der Waals surface area contributed by atoms with Crippen LogP contribution in [0, 0.1) is 0 Å². The summed E-state index contributed by atoms with van der Waals surface area (Å²) in [5.74, 6) is 0. The quantitative estimate of drug-likeness (QED) is 0.770. The molecule has 0 atom stereocenters. The molecule has 3 rings (SSSR count). The molecule has 0 saturated carbocycles. The standard InChI is InChI=1S/C20H19N/c1-21(2)19-14-10-16(11-15-19)6-5-8-18-13-12-17-7-3-4-9-20(17)18/h3-15H,1-2H3/b6-5-,18-8+. The Morgan fingerprint density at radius 2 is 1.62 bits per heavy atom. The molecule has 0 spiro atoms. The van der Waals surface area contributed by atoms with E-state index >= 15 is 0 Å². The summed E-state index contributed by atoms with van der Waals surface area (Å²) < 4.78 is 0. The number of hydrogen-bond acceptors (Lipinski definition) is 1. The maximum atomic E-state index is 2.17. The normalized spacial score (nSPS) is 14.9. The van der Waals surface area contributed by atoms with Crippen LogP contribution in [0.1, 0.15) is 16.7 Å². The molecule has 0 radical (unpaired) electrons. The summed E-state index contributed by atoms with van der Waals surface area (Å²) in [5.41, 5.74) is 6.32. The molecule has 1 aliphatic rings. The van der Waals surface area contributed by atoms with Crippen molar-refractivity contribution in [3.63, 3.8) is 0 Å². The van der Waals surface area contributed by atoms with Gasteiger partial charge < -0.3 is 4.90 Å². The van der Waals surface area contributed by atoms with Gasteiger partial charge in [-0.3, -0.25) is 0 Å². The van der Waals surface area contributed by atoms with Crippen LogP contribution in [0.15, 0.2) is 66.8 Å². The molecule has 2 aromatic rings. The third-order valence-electron chi connectivity index (χ3n) is 3.69. The van der Waals surface area contributed by atoms with E-state index in [0.29, 0.717) is 0 Å². The molecule has 0 unspecified atom stereocenters. The summed E-state index contributed by atoms with van der Waals surface area (Å²) in [6.07, 6.45) is 10.8. The van der Waals surface area contributed by atoms with Crippen LogP contribution in [0.2, 0.25) is 0 Å². The molecule has 0 aliphatic heterocycles. The second kappa shape index (κ2) is 5.84. The maximum absolute atomic E-state index is 2.17. The molecular weight excluding hydrogens is 254 g/mol. The average Bonchev–Trinajstić information content (AvgIpc) is 2.91. The van der Waals surface area contributed by atoms with Crippen molar-refractivity contribution < 1.29 is 0 Å². The number of rotatable bonds is 3. The van der Waals surface area contributed by atoms with E-state index in [1.807, 2.05) is 0 Å². The lowest BCUT2D eigenvalue weighted by molar-refractivity contribution is 1.13. The van der Waals surface area contributed by atoms with Crippen molar-refractivity contribution in [3.8, 4) is 0 Å². The first-order chi connectivity index (χ1) is 10.2. The zero-order chi connectivity index (χ0) is 14.7. The summed E-state index contributed by atoms with van der Waals surface area (Å²) in [7, 11) is 4.11. The highest BCUT2D eigenvalue weighted by molar-refractivity contribution is 5.90. The molecule has 104 valence electrons. The third kappa shape index (κ3) is 2.97. The minimum absolute atomic E-state index is 1.22. The van der Waals surface area contributed by atoms with Gasteiger partial charge in [-0.15, -0.1) is 0 Å². The van der Waals surface area contributed by atoms with Crippen molar-refractivity contribution in [2.45, 2.75) is 0 Å². The first-order valence-corrected chi connectivity index (χ1v) is 7.17. The van der Waals surface area contributed by atoms with Crippen molar-refractivity contribution in [1.82, 2.24) is 0 Å². The summed E-state index contributed by atoms with van der Waals surface area (Å²) in [6.45, 7) is 0. The second-order valence-corrected chi connectivity index (χ2v) is 5.39. The second-order valence-electron chi connectivity index (χ2n) is 5.39. The molecule has 0 N–H and O–H groups in total. The van der Waals surface area contributed by atoms with Crippen LogP contribution in [0.5, 0.6) is 0 Å². The zero-order valence-corrected chi connectivity index (χ0v) is 12.5. The van der Waals surface area contributed by atoms with Crippen LogP contribution >= 0.6 is 0 Å². The van der Waals surface area contributed by atoms with Gasteiger partial charge in [0.15, 0.2) is 0 Å². The Morgan fingerprint density at radius 1 is 0.857 bits per heavy atom. The Labute approximate surface area is 126 Å². The predicted molar refractivity (Wildman–Crippen MR) is 93.3 cm³/mol. The highest BCUT2D eigenvalue weighted by Crippen LogP contribution is 2.28. The lowest BCUT2D eigenvalue weighted by Crippen LogP contribution is -2.07. The van der Waals surface area contributed by atoms with Gasteiger partial charge in [0.05, 0.1) is 0 Å². The number of hydrogen-bond donors (Lipinski definition) is 0. The number of anilines is 1. The van der Waals surface area contributed by atoms with E-state index in [0.717, 1.165) is 0 Å². The first-order valence-electron chi connectivity index (χ1n) is 7.17. The minimum Gasteiger partial charge on any atom is -0.378 e. The van der Waals surface area contributed by atoms with Crippen molar-refractivity contribution in [1.29, 1.82) is 0 Å². The number of benzene rings is 2. The topological polar surface area (TPSA) is 3.24 Å².